The number of nitrogens with zero attached hydrogens (tertiary/aromatic N) is 1. The number of hydrogen-bond donors (Lipinski definition) is 0. The zero-order valence-corrected chi connectivity index (χ0v) is 10.5. The Morgan fingerprint density at radius 1 is 1.31 bits per heavy atom. The molecule has 16 heavy (non-hydrogen) atoms. The first-order chi connectivity index (χ1) is 7.66. The SMILES string of the molecule is C[C@H]1CCCN(C[C@H]2OCC[C@@H](F)[C@H]2C)C1. The molecule has 0 N–H and O–H groups in total. The highest BCUT2D eigenvalue weighted by Crippen LogP contribution is 2.25. The predicted molar refractivity (Wildman–Crippen MR) is 63.3 cm³/mol. The van der Waals surface area contributed by atoms with Gasteiger partial charge in [-0.1, -0.05) is 13.8 Å². The molecule has 2 nitrogen and oxygen atoms in total. The Balaban J connectivity index is 1.83. The smallest absolute Gasteiger partial charge is 0.107 e. The highest BCUT2D eigenvalue weighted by atomic mass is 19.1. The lowest BCUT2D eigenvalue weighted by atomic mass is 9.93. The van der Waals surface area contributed by atoms with Gasteiger partial charge in [0.15, 0.2) is 0 Å². The molecule has 2 aliphatic rings. The van der Waals surface area contributed by atoms with Crippen molar-refractivity contribution in [3.8, 4) is 0 Å². The number of halogens is 1. The molecule has 2 fully saturated rings. The Bertz CT molecular complexity index is 224. The van der Waals surface area contributed by atoms with Crippen LogP contribution in [-0.4, -0.2) is 43.4 Å². The van der Waals surface area contributed by atoms with E-state index in [4.69, 9.17) is 4.74 Å². The number of rotatable bonds is 2. The fraction of sp³-hybridized carbons (Fsp3) is 1.00. The summed E-state index contributed by atoms with van der Waals surface area (Å²) in [6, 6.07) is 0. The summed E-state index contributed by atoms with van der Waals surface area (Å²) in [5.41, 5.74) is 0. The minimum Gasteiger partial charge on any atom is -0.376 e. The van der Waals surface area contributed by atoms with Gasteiger partial charge in [-0.2, -0.15) is 0 Å². The standard InChI is InChI=1S/C13H24FNO/c1-10-4-3-6-15(8-10)9-13-11(2)12(14)5-7-16-13/h10-13H,3-9H2,1-2H3/t10-,11+,12+,13+/m0/s1. The molecule has 2 rings (SSSR count). The van der Waals surface area contributed by atoms with Crippen molar-refractivity contribution >= 4 is 0 Å². The van der Waals surface area contributed by atoms with Crippen molar-refractivity contribution in [3.05, 3.63) is 0 Å². The minimum atomic E-state index is -0.666. The molecule has 3 heteroatoms. The maximum Gasteiger partial charge on any atom is 0.107 e. The van der Waals surface area contributed by atoms with Gasteiger partial charge < -0.3 is 9.64 Å². The van der Waals surface area contributed by atoms with Crippen LogP contribution < -0.4 is 0 Å². The molecule has 0 radical (unpaired) electrons. The maximum atomic E-state index is 13.6. The van der Waals surface area contributed by atoms with E-state index in [1.807, 2.05) is 6.92 Å². The van der Waals surface area contributed by atoms with E-state index in [1.54, 1.807) is 0 Å². The Morgan fingerprint density at radius 2 is 2.12 bits per heavy atom. The van der Waals surface area contributed by atoms with Crippen LogP contribution >= 0.6 is 0 Å². The van der Waals surface area contributed by atoms with Gasteiger partial charge in [0, 0.05) is 32.0 Å². The summed E-state index contributed by atoms with van der Waals surface area (Å²) < 4.78 is 19.3. The molecule has 0 aliphatic carbocycles. The van der Waals surface area contributed by atoms with Crippen molar-refractivity contribution in [1.82, 2.24) is 4.90 Å². The first kappa shape index (κ1) is 12.3. The van der Waals surface area contributed by atoms with Gasteiger partial charge in [-0.25, -0.2) is 4.39 Å². The maximum absolute atomic E-state index is 13.6. The summed E-state index contributed by atoms with van der Waals surface area (Å²) in [6.07, 6.45) is 2.63. The highest BCUT2D eigenvalue weighted by molar-refractivity contribution is 4.82. The van der Waals surface area contributed by atoms with Crippen molar-refractivity contribution in [2.24, 2.45) is 11.8 Å². The van der Waals surface area contributed by atoms with Gasteiger partial charge in [0.1, 0.15) is 6.17 Å². The van der Waals surface area contributed by atoms with Crippen LogP contribution in [0.4, 0.5) is 4.39 Å². The summed E-state index contributed by atoms with van der Waals surface area (Å²) in [5.74, 6) is 0.847. The van der Waals surface area contributed by atoms with Gasteiger partial charge in [-0.15, -0.1) is 0 Å². The monoisotopic (exact) mass is 229 g/mol. The molecule has 0 amide bonds. The lowest BCUT2D eigenvalue weighted by Crippen LogP contribution is -2.46. The largest absolute Gasteiger partial charge is 0.376 e. The zero-order valence-electron chi connectivity index (χ0n) is 10.5. The number of likely N-dealkylation sites (tertiary alicyclic amines) is 1. The molecule has 0 spiro atoms. The van der Waals surface area contributed by atoms with E-state index in [1.165, 1.54) is 12.8 Å². The van der Waals surface area contributed by atoms with Crippen molar-refractivity contribution in [1.29, 1.82) is 0 Å². The zero-order chi connectivity index (χ0) is 11.5. The second-order valence-corrected chi connectivity index (χ2v) is 5.58. The Labute approximate surface area is 98.1 Å². The topological polar surface area (TPSA) is 12.5 Å². The fourth-order valence-corrected chi connectivity index (χ4v) is 2.91. The van der Waals surface area contributed by atoms with Gasteiger partial charge in [0.2, 0.25) is 0 Å². The second kappa shape index (κ2) is 5.46. The summed E-state index contributed by atoms with van der Waals surface area (Å²) in [5, 5.41) is 0. The van der Waals surface area contributed by atoms with Crippen LogP contribution in [0.1, 0.15) is 33.1 Å². The molecule has 0 bridgehead atoms. The molecule has 0 saturated carbocycles. The van der Waals surface area contributed by atoms with Crippen LogP contribution in [0.5, 0.6) is 0 Å². The van der Waals surface area contributed by atoms with Crippen molar-refractivity contribution in [2.45, 2.75) is 45.4 Å². The average Bonchev–Trinajstić information content (AvgIpc) is 2.25. The quantitative estimate of drug-likeness (QED) is 0.721. The van der Waals surface area contributed by atoms with Crippen LogP contribution in [0.25, 0.3) is 0 Å². The van der Waals surface area contributed by atoms with E-state index in [2.05, 4.69) is 11.8 Å². The van der Waals surface area contributed by atoms with Crippen molar-refractivity contribution < 1.29 is 9.13 Å². The van der Waals surface area contributed by atoms with Gasteiger partial charge in [0.25, 0.3) is 0 Å². The summed E-state index contributed by atoms with van der Waals surface area (Å²) >= 11 is 0. The van der Waals surface area contributed by atoms with Gasteiger partial charge in [-0.05, 0) is 25.3 Å². The molecule has 0 aromatic rings. The highest BCUT2D eigenvalue weighted by Gasteiger charge is 2.32. The van der Waals surface area contributed by atoms with Crippen LogP contribution in [0.2, 0.25) is 0 Å². The second-order valence-electron chi connectivity index (χ2n) is 5.58. The van der Waals surface area contributed by atoms with E-state index in [-0.39, 0.29) is 12.0 Å². The normalized spacial score (nSPS) is 42.2. The van der Waals surface area contributed by atoms with Crippen molar-refractivity contribution in [2.75, 3.05) is 26.2 Å². The van der Waals surface area contributed by atoms with Gasteiger partial charge in [0.05, 0.1) is 6.10 Å². The summed E-state index contributed by atoms with van der Waals surface area (Å²) in [6.45, 7) is 8.13. The molecule has 0 unspecified atom stereocenters. The number of ether oxygens (including phenoxy) is 1. The summed E-state index contributed by atoms with van der Waals surface area (Å²) in [4.78, 5) is 2.45. The Hall–Kier alpha value is -0.150. The van der Waals surface area contributed by atoms with Crippen LogP contribution in [0.3, 0.4) is 0 Å². The molecule has 94 valence electrons. The lowest BCUT2D eigenvalue weighted by molar-refractivity contribution is -0.0755. The molecule has 0 aromatic heterocycles. The molecular weight excluding hydrogens is 205 g/mol. The lowest BCUT2D eigenvalue weighted by Gasteiger charge is -2.38. The predicted octanol–water partition coefficient (Wildman–Crippen LogP) is 2.48. The minimum absolute atomic E-state index is 0.0611. The van der Waals surface area contributed by atoms with E-state index in [9.17, 15) is 4.39 Å². The molecule has 2 heterocycles. The summed E-state index contributed by atoms with van der Waals surface area (Å²) in [7, 11) is 0. The molecular formula is C13H24FNO. The van der Waals surface area contributed by atoms with E-state index >= 15 is 0 Å². The van der Waals surface area contributed by atoms with Crippen LogP contribution in [0, 0.1) is 11.8 Å². The molecule has 2 aliphatic heterocycles. The molecule has 2 saturated heterocycles. The molecule has 0 aromatic carbocycles. The van der Waals surface area contributed by atoms with Crippen molar-refractivity contribution in [3.63, 3.8) is 0 Å². The van der Waals surface area contributed by atoms with E-state index in [0.717, 1.165) is 25.6 Å². The molecule has 4 atom stereocenters. The van der Waals surface area contributed by atoms with Gasteiger partial charge >= 0.3 is 0 Å². The number of alkyl halides is 1. The Kier molecular flexibility index (Phi) is 4.20. The third-order valence-electron chi connectivity index (χ3n) is 4.06. The third kappa shape index (κ3) is 2.95. The number of hydrogen-bond acceptors (Lipinski definition) is 2. The fourth-order valence-electron chi connectivity index (χ4n) is 2.91. The van der Waals surface area contributed by atoms with Crippen LogP contribution in [-0.2, 0) is 4.74 Å². The van der Waals surface area contributed by atoms with E-state index in [0.29, 0.717) is 13.0 Å². The van der Waals surface area contributed by atoms with Gasteiger partial charge in [-0.3, -0.25) is 0 Å². The van der Waals surface area contributed by atoms with E-state index < -0.39 is 6.17 Å². The van der Waals surface area contributed by atoms with Crippen LogP contribution in [0.15, 0.2) is 0 Å². The first-order valence-corrected chi connectivity index (χ1v) is 6.65. The Morgan fingerprint density at radius 3 is 2.88 bits per heavy atom. The third-order valence-corrected chi connectivity index (χ3v) is 4.06. The average molecular weight is 229 g/mol. The first-order valence-electron chi connectivity index (χ1n) is 6.65. The number of piperidine rings is 1.